The minimum absolute atomic E-state index is 0.366. The van der Waals surface area contributed by atoms with E-state index in [-0.39, 0.29) is 0 Å². The zero-order chi connectivity index (χ0) is 19.6. The number of hydrogen-bond donors (Lipinski definition) is 1. The molecule has 0 saturated carbocycles. The van der Waals surface area contributed by atoms with Crippen LogP contribution in [0.15, 0.2) is 48.5 Å². The van der Waals surface area contributed by atoms with E-state index in [1.54, 1.807) is 24.3 Å². The van der Waals surface area contributed by atoms with Gasteiger partial charge in [0.1, 0.15) is 11.5 Å². The molecule has 0 bridgehead atoms. The maximum Gasteiger partial charge on any atom is 0.331 e. The predicted octanol–water partition coefficient (Wildman–Crippen LogP) is 3.94. The maximum atomic E-state index is 11.9. The number of methoxy groups -OCH3 is 1. The Kier molecular flexibility index (Phi) is 7.70. The van der Waals surface area contributed by atoms with Gasteiger partial charge in [0, 0.05) is 11.8 Å². The first-order valence-electron chi connectivity index (χ1n) is 8.23. The van der Waals surface area contributed by atoms with Crippen LogP contribution in [-0.4, -0.2) is 32.2 Å². The van der Waals surface area contributed by atoms with Gasteiger partial charge < -0.3 is 19.5 Å². The van der Waals surface area contributed by atoms with Gasteiger partial charge in [-0.25, -0.2) is 4.79 Å². The van der Waals surface area contributed by atoms with Crippen molar-refractivity contribution >= 4 is 35.2 Å². The molecule has 27 heavy (non-hydrogen) atoms. The lowest BCUT2D eigenvalue weighted by molar-refractivity contribution is -0.142. The zero-order valence-electron chi connectivity index (χ0n) is 15.0. The Labute approximate surface area is 162 Å². The molecule has 0 spiro atoms. The molecule has 0 atom stereocenters. The van der Waals surface area contributed by atoms with Crippen LogP contribution in [-0.2, 0) is 14.3 Å². The fourth-order valence-electron chi connectivity index (χ4n) is 2.13. The van der Waals surface area contributed by atoms with E-state index in [1.807, 2.05) is 31.2 Å². The zero-order valence-corrected chi connectivity index (χ0v) is 15.8. The van der Waals surface area contributed by atoms with E-state index in [2.05, 4.69) is 5.32 Å². The number of anilines is 1. The van der Waals surface area contributed by atoms with Crippen molar-refractivity contribution in [3.63, 3.8) is 0 Å². The fourth-order valence-corrected chi connectivity index (χ4v) is 2.39. The number of nitrogens with one attached hydrogen (secondary N) is 1. The Morgan fingerprint density at radius 2 is 1.89 bits per heavy atom. The van der Waals surface area contributed by atoms with Gasteiger partial charge in [0.2, 0.25) is 0 Å². The molecular weight excluding hydrogens is 370 g/mol. The van der Waals surface area contributed by atoms with Crippen LogP contribution in [0.5, 0.6) is 11.5 Å². The summed E-state index contributed by atoms with van der Waals surface area (Å²) in [5.41, 5.74) is 1.29. The number of rotatable bonds is 8. The molecule has 1 amide bonds. The smallest absolute Gasteiger partial charge is 0.331 e. The van der Waals surface area contributed by atoms with Crippen LogP contribution in [0.3, 0.4) is 0 Å². The molecule has 0 fully saturated rings. The second-order valence-corrected chi connectivity index (χ2v) is 5.75. The van der Waals surface area contributed by atoms with Gasteiger partial charge in [-0.2, -0.15) is 0 Å². The third-order valence-corrected chi connectivity index (χ3v) is 3.68. The standard InChI is InChI=1S/C20H20ClNO5/c1-3-26-16-8-4-14(5-9-16)6-11-20(24)27-13-19(23)22-15-7-10-18(25-2)17(21)12-15/h4-12H,3,13H2,1-2H3,(H,22,23)/b11-6+. The molecular formula is C20H20ClNO5. The quantitative estimate of drug-likeness (QED) is 0.546. The Hall–Kier alpha value is -2.99. The van der Waals surface area contributed by atoms with E-state index in [1.165, 1.54) is 13.2 Å². The molecule has 7 heteroatoms. The van der Waals surface area contributed by atoms with Crippen LogP contribution in [0.2, 0.25) is 5.02 Å². The van der Waals surface area contributed by atoms with Crippen molar-refractivity contribution in [1.29, 1.82) is 0 Å². The van der Waals surface area contributed by atoms with Gasteiger partial charge in [-0.05, 0) is 48.9 Å². The number of benzene rings is 2. The van der Waals surface area contributed by atoms with E-state index in [0.29, 0.717) is 23.1 Å². The van der Waals surface area contributed by atoms with Gasteiger partial charge in [-0.1, -0.05) is 23.7 Å². The maximum absolute atomic E-state index is 11.9. The van der Waals surface area contributed by atoms with E-state index in [0.717, 1.165) is 11.3 Å². The topological polar surface area (TPSA) is 73.9 Å². The van der Waals surface area contributed by atoms with Gasteiger partial charge >= 0.3 is 5.97 Å². The summed E-state index contributed by atoms with van der Waals surface area (Å²) >= 11 is 5.99. The molecule has 2 aromatic rings. The summed E-state index contributed by atoms with van der Waals surface area (Å²) in [5.74, 6) is 0.166. The molecule has 0 radical (unpaired) electrons. The molecule has 6 nitrogen and oxygen atoms in total. The Bertz CT molecular complexity index is 818. The van der Waals surface area contributed by atoms with Crippen LogP contribution in [0.1, 0.15) is 12.5 Å². The fraction of sp³-hybridized carbons (Fsp3) is 0.200. The van der Waals surface area contributed by atoms with Gasteiger partial charge in [-0.3, -0.25) is 4.79 Å². The first-order chi connectivity index (χ1) is 13.0. The Balaban J connectivity index is 1.80. The monoisotopic (exact) mass is 389 g/mol. The van der Waals surface area contributed by atoms with Gasteiger partial charge in [-0.15, -0.1) is 0 Å². The summed E-state index contributed by atoms with van der Waals surface area (Å²) in [6, 6.07) is 12.1. The van der Waals surface area contributed by atoms with Gasteiger partial charge in [0.05, 0.1) is 18.7 Å². The SMILES string of the molecule is CCOc1ccc(/C=C/C(=O)OCC(=O)Nc2ccc(OC)c(Cl)c2)cc1. The Morgan fingerprint density at radius 3 is 2.52 bits per heavy atom. The van der Waals surface area contributed by atoms with Crippen LogP contribution < -0.4 is 14.8 Å². The molecule has 0 saturated heterocycles. The average molecular weight is 390 g/mol. The van der Waals surface area contributed by atoms with Crippen molar-refractivity contribution < 1.29 is 23.8 Å². The van der Waals surface area contributed by atoms with Crippen LogP contribution in [0.4, 0.5) is 5.69 Å². The van der Waals surface area contributed by atoms with Crippen molar-refractivity contribution in [2.75, 3.05) is 25.6 Å². The van der Waals surface area contributed by atoms with Crippen LogP contribution >= 0.6 is 11.6 Å². The van der Waals surface area contributed by atoms with E-state index in [4.69, 9.17) is 25.8 Å². The van der Waals surface area contributed by atoms with Crippen LogP contribution in [0, 0.1) is 0 Å². The van der Waals surface area contributed by atoms with E-state index in [9.17, 15) is 9.59 Å². The average Bonchev–Trinajstić information content (AvgIpc) is 2.66. The third kappa shape index (κ3) is 6.67. The molecule has 2 aromatic carbocycles. The van der Waals surface area contributed by atoms with Gasteiger partial charge in [0.15, 0.2) is 6.61 Å². The minimum atomic E-state index is -0.619. The first-order valence-corrected chi connectivity index (χ1v) is 8.60. The van der Waals surface area contributed by atoms with Crippen molar-refractivity contribution in [3.05, 3.63) is 59.1 Å². The molecule has 0 unspecified atom stereocenters. The number of amides is 1. The highest BCUT2D eigenvalue weighted by atomic mass is 35.5. The number of ether oxygens (including phenoxy) is 3. The van der Waals surface area contributed by atoms with E-state index < -0.39 is 18.5 Å². The molecule has 0 heterocycles. The largest absolute Gasteiger partial charge is 0.495 e. The first kappa shape index (κ1) is 20.3. The Morgan fingerprint density at radius 1 is 1.15 bits per heavy atom. The molecule has 0 aliphatic carbocycles. The predicted molar refractivity (Wildman–Crippen MR) is 104 cm³/mol. The normalized spacial score (nSPS) is 10.5. The summed E-state index contributed by atoms with van der Waals surface area (Å²) in [4.78, 5) is 23.6. The van der Waals surface area contributed by atoms with Crippen molar-refractivity contribution in [1.82, 2.24) is 0 Å². The second-order valence-electron chi connectivity index (χ2n) is 5.34. The van der Waals surface area contributed by atoms with Crippen LogP contribution in [0.25, 0.3) is 6.08 Å². The van der Waals surface area contributed by atoms with Crippen molar-refractivity contribution in [3.8, 4) is 11.5 Å². The van der Waals surface area contributed by atoms with E-state index >= 15 is 0 Å². The highest BCUT2D eigenvalue weighted by molar-refractivity contribution is 6.32. The summed E-state index contributed by atoms with van der Waals surface area (Å²) in [6.07, 6.45) is 2.85. The molecule has 0 aliphatic heterocycles. The highest BCUT2D eigenvalue weighted by Gasteiger charge is 2.08. The molecule has 0 aliphatic rings. The lowest BCUT2D eigenvalue weighted by Gasteiger charge is -2.08. The molecule has 1 N–H and O–H groups in total. The lowest BCUT2D eigenvalue weighted by atomic mass is 10.2. The summed E-state index contributed by atoms with van der Waals surface area (Å²) in [5, 5.41) is 2.95. The molecule has 0 aromatic heterocycles. The summed E-state index contributed by atoms with van der Waals surface area (Å²) in [6.45, 7) is 2.09. The summed E-state index contributed by atoms with van der Waals surface area (Å²) in [7, 11) is 1.50. The number of carbonyl (C=O) groups is 2. The number of carbonyl (C=O) groups excluding carboxylic acids is 2. The molecule has 142 valence electrons. The second kappa shape index (κ2) is 10.2. The van der Waals surface area contributed by atoms with Crippen molar-refractivity contribution in [2.45, 2.75) is 6.92 Å². The minimum Gasteiger partial charge on any atom is -0.495 e. The number of hydrogen-bond acceptors (Lipinski definition) is 5. The number of halogens is 1. The molecule has 2 rings (SSSR count). The lowest BCUT2D eigenvalue weighted by Crippen LogP contribution is -2.20. The highest BCUT2D eigenvalue weighted by Crippen LogP contribution is 2.27. The number of esters is 1. The third-order valence-electron chi connectivity index (χ3n) is 3.38. The van der Waals surface area contributed by atoms with Gasteiger partial charge in [0.25, 0.3) is 5.91 Å². The van der Waals surface area contributed by atoms with Crippen molar-refractivity contribution in [2.24, 2.45) is 0 Å². The summed E-state index contributed by atoms with van der Waals surface area (Å²) < 4.78 is 15.3.